The van der Waals surface area contributed by atoms with Crippen molar-refractivity contribution < 1.29 is 0 Å². The fourth-order valence-electron chi connectivity index (χ4n) is 1.72. The van der Waals surface area contributed by atoms with E-state index in [4.69, 9.17) is 0 Å². The number of fused-ring (bicyclic) bond motifs is 1. The first kappa shape index (κ1) is 12.4. The second-order valence-corrected chi connectivity index (χ2v) is 6.14. The molecule has 96 valence electrons. The molecule has 0 N–H and O–H groups in total. The highest BCUT2D eigenvalue weighted by atomic mass is 32.2. The van der Waals surface area contributed by atoms with Crippen LogP contribution in [0.5, 0.6) is 0 Å². The largest absolute Gasteiger partial charge is 0.312 e. The molecule has 0 radical (unpaired) electrons. The Morgan fingerprint density at radius 2 is 2.21 bits per heavy atom. The summed E-state index contributed by atoms with van der Waals surface area (Å²) in [7, 11) is 0. The Kier molecular flexibility index (Phi) is 3.35. The average Bonchev–Trinajstić information content (AvgIpc) is 2.83. The number of hydrogen-bond acceptors (Lipinski definition) is 5. The SMILES string of the molecule is CCn1ccnc(Sc2nc3ccccc3s2)c1=O. The minimum Gasteiger partial charge on any atom is -0.312 e. The summed E-state index contributed by atoms with van der Waals surface area (Å²) in [6, 6.07) is 7.94. The lowest BCUT2D eigenvalue weighted by Crippen LogP contribution is -2.20. The van der Waals surface area contributed by atoms with E-state index in [2.05, 4.69) is 9.97 Å². The van der Waals surface area contributed by atoms with Gasteiger partial charge in [0.05, 0.1) is 10.2 Å². The molecule has 0 aliphatic rings. The Bertz CT molecular complexity index is 746. The van der Waals surface area contributed by atoms with E-state index >= 15 is 0 Å². The van der Waals surface area contributed by atoms with Crippen molar-refractivity contribution in [3.63, 3.8) is 0 Å². The van der Waals surface area contributed by atoms with Crippen LogP contribution in [0, 0.1) is 0 Å². The number of thiazole rings is 1. The summed E-state index contributed by atoms with van der Waals surface area (Å²) in [5, 5.41) is 0.475. The van der Waals surface area contributed by atoms with E-state index < -0.39 is 0 Å². The molecule has 19 heavy (non-hydrogen) atoms. The molecule has 2 aromatic heterocycles. The van der Waals surface area contributed by atoms with E-state index in [1.807, 2.05) is 31.2 Å². The highest BCUT2D eigenvalue weighted by Crippen LogP contribution is 2.31. The molecule has 0 atom stereocenters. The van der Waals surface area contributed by atoms with Gasteiger partial charge in [0.2, 0.25) is 0 Å². The Morgan fingerprint density at radius 1 is 1.37 bits per heavy atom. The summed E-state index contributed by atoms with van der Waals surface area (Å²) >= 11 is 2.91. The average molecular weight is 289 g/mol. The summed E-state index contributed by atoms with van der Waals surface area (Å²) in [6.07, 6.45) is 3.35. The van der Waals surface area contributed by atoms with Crippen LogP contribution in [0.1, 0.15) is 6.92 Å². The molecule has 0 bridgehead atoms. The van der Waals surface area contributed by atoms with Gasteiger partial charge in [-0.1, -0.05) is 12.1 Å². The molecule has 6 heteroatoms. The number of aromatic nitrogens is 3. The van der Waals surface area contributed by atoms with Crippen molar-refractivity contribution in [2.45, 2.75) is 22.8 Å². The predicted octanol–water partition coefficient (Wildman–Crippen LogP) is 3.02. The highest BCUT2D eigenvalue weighted by molar-refractivity contribution is 8.01. The van der Waals surface area contributed by atoms with Crippen LogP contribution in [0.3, 0.4) is 0 Å². The Labute approximate surface area is 118 Å². The molecule has 0 fully saturated rings. The first-order chi connectivity index (χ1) is 9.28. The second-order valence-electron chi connectivity index (χ2n) is 3.87. The maximum Gasteiger partial charge on any atom is 0.283 e. The summed E-state index contributed by atoms with van der Waals surface area (Å²) in [5.74, 6) is 0. The van der Waals surface area contributed by atoms with Gasteiger partial charge in [-0.25, -0.2) is 9.97 Å². The third-order valence-electron chi connectivity index (χ3n) is 2.68. The monoisotopic (exact) mass is 289 g/mol. The third-order valence-corrected chi connectivity index (χ3v) is 4.75. The lowest BCUT2D eigenvalue weighted by atomic mass is 10.3. The zero-order valence-electron chi connectivity index (χ0n) is 10.2. The molecule has 0 aliphatic carbocycles. The van der Waals surface area contributed by atoms with Gasteiger partial charge in [0, 0.05) is 18.9 Å². The Hall–Kier alpha value is -1.66. The lowest BCUT2D eigenvalue weighted by molar-refractivity contribution is 0.692. The maximum atomic E-state index is 12.1. The summed E-state index contributed by atoms with van der Waals surface area (Å²) in [4.78, 5) is 20.7. The minimum atomic E-state index is -0.0609. The fraction of sp³-hybridized carbons (Fsp3) is 0.154. The van der Waals surface area contributed by atoms with Crippen molar-refractivity contribution in [3.8, 4) is 0 Å². The van der Waals surface area contributed by atoms with Gasteiger partial charge in [0.15, 0.2) is 9.37 Å². The first-order valence-corrected chi connectivity index (χ1v) is 7.50. The van der Waals surface area contributed by atoms with Gasteiger partial charge in [-0.15, -0.1) is 11.3 Å². The van der Waals surface area contributed by atoms with Crippen LogP contribution in [-0.4, -0.2) is 14.5 Å². The molecule has 3 rings (SSSR count). The van der Waals surface area contributed by atoms with Crippen LogP contribution >= 0.6 is 23.1 Å². The van der Waals surface area contributed by atoms with Crippen molar-refractivity contribution in [2.75, 3.05) is 0 Å². The normalized spacial score (nSPS) is 11.0. The van der Waals surface area contributed by atoms with Crippen LogP contribution in [0.25, 0.3) is 10.2 Å². The number of aryl methyl sites for hydroxylation is 1. The van der Waals surface area contributed by atoms with E-state index in [-0.39, 0.29) is 5.56 Å². The highest BCUT2D eigenvalue weighted by Gasteiger charge is 2.10. The van der Waals surface area contributed by atoms with Crippen molar-refractivity contribution in [3.05, 3.63) is 47.0 Å². The van der Waals surface area contributed by atoms with E-state index in [1.165, 1.54) is 11.8 Å². The van der Waals surface area contributed by atoms with Crippen LogP contribution in [0.4, 0.5) is 0 Å². The molecule has 0 saturated heterocycles. The fourth-order valence-corrected chi connectivity index (χ4v) is 3.72. The van der Waals surface area contributed by atoms with Gasteiger partial charge in [0.1, 0.15) is 0 Å². The Balaban J connectivity index is 1.99. The third kappa shape index (κ3) is 2.41. The van der Waals surface area contributed by atoms with Crippen molar-refractivity contribution in [1.29, 1.82) is 0 Å². The standard InChI is InChI=1S/C13H11N3OS2/c1-2-16-8-7-14-11(12(16)17)19-13-15-9-5-3-4-6-10(9)18-13/h3-8H,2H2,1H3. The van der Waals surface area contributed by atoms with Gasteiger partial charge in [0.25, 0.3) is 5.56 Å². The van der Waals surface area contributed by atoms with Crippen LogP contribution in [0.15, 0.2) is 50.8 Å². The Morgan fingerprint density at radius 3 is 3.00 bits per heavy atom. The topological polar surface area (TPSA) is 47.8 Å². The summed E-state index contributed by atoms with van der Waals surface area (Å²) in [5.41, 5.74) is 0.899. The minimum absolute atomic E-state index is 0.0609. The molecule has 4 nitrogen and oxygen atoms in total. The maximum absolute atomic E-state index is 12.1. The molecule has 3 aromatic rings. The van der Waals surface area contributed by atoms with Gasteiger partial charge in [-0.3, -0.25) is 4.79 Å². The van der Waals surface area contributed by atoms with Gasteiger partial charge >= 0.3 is 0 Å². The number of benzene rings is 1. The van der Waals surface area contributed by atoms with Crippen molar-refractivity contribution in [2.24, 2.45) is 0 Å². The first-order valence-electron chi connectivity index (χ1n) is 5.87. The van der Waals surface area contributed by atoms with Crippen LogP contribution in [-0.2, 0) is 6.54 Å². The lowest BCUT2D eigenvalue weighted by Gasteiger charge is -2.02. The van der Waals surface area contributed by atoms with Crippen LogP contribution in [0.2, 0.25) is 0 Å². The molecular formula is C13H11N3OS2. The van der Waals surface area contributed by atoms with Crippen molar-refractivity contribution in [1.82, 2.24) is 14.5 Å². The quantitative estimate of drug-likeness (QED) is 0.743. The van der Waals surface area contributed by atoms with E-state index in [0.29, 0.717) is 11.6 Å². The van der Waals surface area contributed by atoms with Gasteiger partial charge < -0.3 is 4.57 Å². The molecule has 1 aromatic carbocycles. The summed E-state index contributed by atoms with van der Waals surface area (Å²) < 4.78 is 3.61. The molecule has 2 heterocycles. The molecule has 0 unspecified atom stereocenters. The molecule has 0 aliphatic heterocycles. The van der Waals surface area contributed by atoms with Crippen molar-refractivity contribution >= 4 is 33.3 Å². The van der Waals surface area contributed by atoms with Gasteiger partial charge in [-0.2, -0.15) is 0 Å². The van der Waals surface area contributed by atoms with E-state index in [9.17, 15) is 4.79 Å². The molecule has 0 spiro atoms. The zero-order chi connectivity index (χ0) is 13.2. The number of para-hydroxylation sites is 1. The molecule has 0 saturated carbocycles. The number of rotatable bonds is 3. The van der Waals surface area contributed by atoms with Gasteiger partial charge in [-0.05, 0) is 30.8 Å². The van der Waals surface area contributed by atoms with E-state index in [0.717, 1.165) is 14.6 Å². The smallest absolute Gasteiger partial charge is 0.283 e. The molecule has 0 amide bonds. The van der Waals surface area contributed by atoms with Crippen LogP contribution < -0.4 is 5.56 Å². The predicted molar refractivity (Wildman–Crippen MR) is 77.9 cm³/mol. The number of nitrogens with zero attached hydrogens (tertiary/aromatic N) is 3. The number of hydrogen-bond donors (Lipinski definition) is 0. The zero-order valence-corrected chi connectivity index (χ0v) is 11.9. The summed E-state index contributed by atoms with van der Waals surface area (Å²) in [6.45, 7) is 2.59. The van der Waals surface area contributed by atoms with E-state index in [1.54, 1.807) is 28.3 Å². The second kappa shape index (κ2) is 5.14. The molecular weight excluding hydrogens is 278 g/mol.